The predicted molar refractivity (Wildman–Crippen MR) is 91.3 cm³/mol. The van der Waals surface area contributed by atoms with E-state index in [9.17, 15) is 4.79 Å². The summed E-state index contributed by atoms with van der Waals surface area (Å²) in [5, 5.41) is 15.5. The number of tetrazole rings is 1. The molecule has 122 valence electrons. The predicted octanol–water partition coefficient (Wildman–Crippen LogP) is 2.62. The number of nitrogens with zero attached hydrogens (tertiary/aromatic N) is 4. The first-order chi connectivity index (χ1) is 11.6. The van der Waals surface area contributed by atoms with E-state index in [2.05, 4.69) is 20.7 Å². The summed E-state index contributed by atoms with van der Waals surface area (Å²) < 4.78 is 0. The van der Waals surface area contributed by atoms with E-state index >= 15 is 0 Å². The topological polar surface area (TPSA) is 72.7 Å². The third-order valence-electron chi connectivity index (χ3n) is 3.43. The van der Waals surface area contributed by atoms with Gasteiger partial charge >= 0.3 is 0 Å². The molecule has 0 fully saturated rings. The Morgan fingerprint density at radius 2 is 2.00 bits per heavy atom. The summed E-state index contributed by atoms with van der Waals surface area (Å²) in [5.74, 6) is 0.259. The first kappa shape index (κ1) is 16.1. The Labute approximate surface area is 144 Å². The van der Waals surface area contributed by atoms with Gasteiger partial charge in [0.05, 0.1) is 0 Å². The number of rotatable bonds is 5. The molecule has 7 heteroatoms. The maximum absolute atomic E-state index is 12.0. The van der Waals surface area contributed by atoms with Crippen LogP contribution in [0.5, 0.6) is 0 Å². The number of carbonyl (C=O) groups is 1. The van der Waals surface area contributed by atoms with Crippen molar-refractivity contribution in [3.05, 3.63) is 64.7 Å². The third-order valence-corrected chi connectivity index (χ3v) is 3.67. The molecule has 0 saturated carbocycles. The fourth-order valence-corrected chi connectivity index (χ4v) is 2.33. The van der Waals surface area contributed by atoms with Crippen LogP contribution in [0.25, 0.3) is 11.4 Å². The van der Waals surface area contributed by atoms with Gasteiger partial charge in [0, 0.05) is 17.1 Å². The third kappa shape index (κ3) is 4.17. The number of amides is 1. The summed E-state index contributed by atoms with van der Waals surface area (Å²) >= 11 is 5.95. The van der Waals surface area contributed by atoms with E-state index in [1.54, 1.807) is 12.1 Å². The Morgan fingerprint density at radius 3 is 2.75 bits per heavy atom. The van der Waals surface area contributed by atoms with Crippen molar-refractivity contribution in [2.24, 2.45) is 0 Å². The van der Waals surface area contributed by atoms with E-state index in [0.717, 1.165) is 11.1 Å². The summed E-state index contributed by atoms with van der Waals surface area (Å²) in [7, 11) is 0. The minimum Gasteiger partial charge on any atom is -0.350 e. The largest absolute Gasteiger partial charge is 0.350 e. The number of nitrogens with one attached hydrogen (secondary N) is 1. The van der Waals surface area contributed by atoms with E-state index in [1.807, 2.05) is 43.3 Å². The zero-order valence-corrected chi connectivity index (χ0v) is 13.9. The maximum Gasteiger partial charge on any atom is 0.243 e. The second kappa shape index (κ2) is 7.23. The van der Waals surface area contributed by atoms with Crippen molar-refractivity contribution in [1.82, 2.24) is 25.5 Å². The average molecular weight is 342 g/mol. The molecule has 3 rings (SSSR count). The van der Waals surface area contributed by atoms with Gasteiger partial charge in [0.15, 0.2) is 0 Å². The van der Waals surface area contributed by atoms with Gasteiger partial charge in [0.1, 0.15) is 6.54 Å². The molecule has 24 heavy (non-hydrogen) atoms. The number of aromatic nitrogens is 4. The Morgan fingerprint density at radius 1 is 1.21 bits per heavy atom. The van der Waals surface area contributed by atoms with Gasteiger partial charge in [-0.2, -0.15) is 4.80 Å². The molecule has 0 bridgehead atoms. The number of hydrogen-bond donors (Lipinski definition) is 1. The molecule has 0 atom stereocenters. The van der Waals surface area contributed by atoms with Crippen LogP contribution >= 0.6 is 11.6 Å². The highest BCUT2D eigenvalue weighted by Crippen LogP contribution is 2.18. The second-order valence-electron chi connectivity index (χ2n) is 5.42. The summed E-state index contributed by atoms with van der Waals surface area (Å²) in [6.45, 7) is 2.50. The van der Waals surface area contributed by atoms with Gasteiger partial charge in [0.2, 0.25) is 11.7 Å². The minimum absolute atomic E-state index is 0.0133. The lowest BCUT2D eigenvalue weighted by molar-refractivity contribution is -0.122. The maximum atomic E-state index is 12.0. The number of carbonyl (C=O) groups excluding carboxylic acids is 1. The van der Waals surface area contributed by atoms with Crippen molar-refractivity contribution in [3.8, 4) is 11.4 Å². The van der Waals surface area contributed by atoms with Crippen molar-refractivity contribution in [3.63, 3.8) is 0 Å². The minimum atomic E-state index is -0.175. The van der Waals surface area contributed by atoms with Crippen LogP contribution in [-0.4, -0.2) is 26.1 Å². The zero-order chi connectivity index (χ0) is 16.9. The van der Waals surface area contributed by atoms with E-state index in [-0.39, 0.29) is 12.5 Å². The van der Waals surface area contributed by atoms with Crippen LogP contribution in [0.2, 0.25) is 5.02 Å². The van der Waals surface area contributed by atoms with Crippen LogP contribution in [0.15, 0.2) is 48.5 Å². The van der Waals surface area contributed by atoms with Gasteiger partial charge in [-0.15, -0.1) is 10.2 Å². The molecule has 0 aliphatic rings. The fraction of sp³-hybridized carbons (Fsp3) is 0.176. The fourth-order valence-electron chi connectivity index (χ4n) is 2.14. The molecular formula is C17H16ClN5O. The van der Waals surface area contributed by atoms with Crippen molar-refractivity contribution in [2.75, 3.05) is 0 Å². The Balaban J connectivity index is 1.58. The van der Waals surface area contributed by atoms with Gasteiger partial charge in [-0.25, -0.2) is 0 Å². The van der Waals surface area contributed by atoms with Gasteiger partial charge in [-0.3, -0.25) is 4.79 Å². The van der Waals surface area contributed by atoms with Gasteiger partial charge in [0.25, 0.3) is 0 Å². The van der Waals surface area contributed by atoms with E-state index in [1.165, 1.54) is 10.4 Å². The summed E-state index contributed by atoms with van der Waals surface area (Å²) in [6, 6.07) is 15.2. The number of aryl methyl sites for hydroxylation is 1. The molecule has 0 aliphatic heterocycles. The molecular weight excluding hydrogens is 326 g/mol. The molecule has 1 N–H and O–H groups in total. The van der Waals surface area contributed by atoms with Crippen LogP contribution in [0.4, 0.5) is 0 Å². The standard InChI is InChI=1S/C17H16ClN5O/c1-12-5-7-13(8-6-12)10-19-16(24)11-23-21-17(20-22-23)14-3-2-4-15(18)9-14/h2-9H,10-11H2,1H3,(H,19,24). The number of benzene rings is 2. The molecule has 1 aromatic heterocycles. The Hall–Kier alpha value is -2.73. The van der Waals surface area contributed by atoms with Crippen LogP contribution < -0.4 is 5.32 Å². The summed E-state index contributed by atoms with van der Waals surface area (Å²) in [5.41, 5.74) is 2.99. The van der Waals surface area contributed by atoms with Crippen LogP contribution in [0.1, 0.15) is 11.1 Å². The lowest BCUT2D eigenvalue weighted by Gasteiger charge is -2.05. The lowest BCUT2D eigenvalue weighted by atomic mass is 10.1. The first-order valence-corrected chi connectivity index (χ1v) is 7.84. The van der Waals surface area contributed by atoms with E-state index < -0.39 is 0 Å². The molecule has 2 aromatic carbocycles. The second-order valence-corrected chi connectivity index (χ2v) is 5.85. The van der Waals surface area contributed by atoms with Gasteiger partial charge in [-0.05, 0) is 29.8 Å². The molecule has 0 saturated heterocycles. The highest BCUT2D eigenvalue weighted by atomic mass is 35.5. The van der Waals surface area contributed by atoms with Crippen molar-refractivity contribution >= 4 is 17.5 Å². The van der Waals surface area contributed by atoms with Gasteiger partial charge < -0.3 is 5.32 Å². The highest BCUT2D eigenvalue weighted by molar-refractivity contribution is 6.30. The number of hydrogen-bond acceptors (Lipinski definition) is 4. The molecule has 1 heterocycles. The summed E-state index contributed by atoms with van der Waals surface area (Å²) in [4.78, 5) is 13.3. The summed E-state index contributed by atoms with van der Waals surface area (Å²) in [6.07, 6.45) is 0. The lowest BCUT2D eigenvalue weighted by Crippen LogP contribution is -2.28. The first-order valence-electron chi connectivity index (χ1n) is 7.46. The molecule has 3 aromatic rings. The Bertz CT molecular complexity index is 844. The molecule has 0 aliphatic carbocycles. The molecule has 0 unspecified atom stereocenters. The monoisotopic (exact) mass is 341 g/mol. The van der Waals surface area contributed by atoms with Crippen molar-refractivity contribution in [2.45, 2.75) is 20.0 Å². The van der Waals surface area contributed by atoms with Gasteiger partial charge in [-0.1, -0.05) is 53.6 Å². The normalized spacial score (nSPS) is 10.6. The highest BCUT2D eigenvalue weighted by Gasteiger charge is 2.09. The molecule has 1 amide bonds. The SMILES string of the molecule is Cc1ccc(CNC(=O)Cn2nnc(-c3cccc(Cl)c3)n2)cc1. The van der Waals surface area contributed by atoms with Crippen LogP contribution in [-0.2, 0) is 17.9 Å². The van der Waals surface area contributed by atoms with Crippen LogP contribution in [0.3, 0.4) is 0 Å². The van der Waals surface area contributed by atoms with E-state index in [0.29, 0.717) is 17.4 Å². The van der Waals surface area contributed by atoms with E-state index in [4.69, 9.17) is 11.6 Å². The Kier molecular flexibility index (Phi) is 4.86. The quantitative estimate of drug-likeness (QED) is 0.774. The van der Waals surface area contributed by atoms with Crippen LogP contribution in [0, 0.1) is 6.92 Å². The molecule has 0 radical (unpaired) electrons. The molecule has 0 spiro atoms. The average Bonchev–Trinajstić information content (AvgIpc) is 3.03. The number of halogens is 1. The smallest absolute Gasteiger partial charge is 0.243 e. The van der Waals surface area contributed by atoms with Crippen molar-refractivity contribution < 1.29 is 4.79 Å². The zero-order valence-electron chi connectivity index (χ0n) is 13.1. The van der Waals surface area contributed by atoms with Crippen molar-refractivity contribution in [1.29, 1.82) is 0 Å². The molecule has 6 nitrogen and oxygen atoms in total.